The van der Waals surface area contributed by atoms with Crippen LogP contribution in [0.5, 0.6) is 0 Å². The van der Waals surface area contributed by atoms with Crippen LogP contribution >= 0.6 is 0 Å². The molecule has 4 N–H and O–H groups in total. The number of hydrogen-bond donors (Lipinski definition) is 4. The van der Waals surface area contributed by atoms with Crippen molar-refractivity contribution >= 4 is 54.3 Å². The molecule has 3 aromatic rings. The maximum absolute atomic E-state index is 16.2. The van der Waals surface area contributed by atoms with Gasteiger partial charge in [-0.15, -0.1) is 0 Å². The van der Waals surface area contributed by atoms with Crippen molar-refractivity contribution in [3.63, 3.8) is 0 Å². The number of rotatable bonds is 12. The number of aliphatic hydroxyl groups is 3. The number of amides is 1. The van der Waals surface area contributed by atoms with E-state index in [4.69, 9.17) is 23.7 Å². The van der Waals surface area contributed by atoms with E-state index in [-0.39, 0.29) is 59.6 Å². The van der Waals surface area contributed by atoms with E-state index in [0.717, 1.165) is 22.8 Å². The topological polar surface area (TPSA) is 229 Å². The van der Waals surface area contributed by atoms with Crippen molar-refractivity contribution in [3.05, 3.63) is 124 Å². The lowest BCUT2D eigenvalue weighted by atomic mass is 9.44. The minimum atomic E-state index is -4.32. The zero-order chi connectivity index (χ0) is 53.6. The number of carbonyl (C=O) groups excluding carboxylic acids is 6. The second-order valence-corrected chi connectivity index (χ2v) is 21.2. The molecule has 1 aromatic heterocycles. The molecule has 3 fully saturated rings. The molecule has 9 rings (SSSR count). The molecule has 2 aromatic carbocycles. The van der Waals surface area contributed by atoms with Crippen molar-refractivity contribution < 1.29 is 80.9 Å². The Bertz CT molecular complexity index is 2990. The van der Waals surface area contributed by atoms with E-state index >= 15 is 13.4 Å². The van der Waals surface area contributed by atoms with Gasteiger partial charge in [-0.3, -0.25) is 19.2 Å². The molecule has 0 spiro atoms. The van der Waals surface area contributed by atoms with Gasteiger partial charge in [0.15, 0.2) is 29.3 Å². The van der Waals surface area contributed by atoms with Gasteiger partial charge in [-0.05, 0) is 73.9 Å². The number of ether oxygens (including phenoxy) is 5. The Hall–Kier alpha value is -6.61. The molecule has 3 aliphatic heterocycles. The van der Waals surface area contributed by atoms with Crippen LogP contribution in [0.1, 0.15) is 106 Å². The van der Waals surface area contributed by atoms with Crippen molar-refractivity contribution in [2.45, 2.75) is 135 Å². The lowest BCUT2D eigenvalue weighted by Crippen LogP contribution is -2.82. The minimum Gasteiger partial charge on any atom is -0.456 e. The maximum atomic E-state index is 16.2. The summed E-state index contributed by atoms with van der Waals surface area (Å²) in [7, 11) is 0. The van der Waals surface area contributed by atoms with Gasteiger partial charge in [0.05, 0.1) is 35.6 Å². The van der Waals surface area contributed by atoms with Gasteiger partial charge in [0.2, 0.25) is 5.91 Å². The zero-order valence-electron chi connectivity index (χ0n) is 42.3. The molecule has 2 bridgehead atoms. The molecule has 3 aliphatic carbocycles. The van der Waals surface area contributed by atoms with Crippen molar-refractivity contribution in [3.8, 4) is 0 Å². The van der Waals surface area contributed by atoms with Gasteiger partial charge in [-0.1, -0.05) is 62.4 Å². The first-order valence-corrected chi connectivity index (χ1v) is 24.7. The van der Waals surface area contributed by atoms with E-state index in [0.29, 0.717) is 17.0 Å². The van der Waals surface area contributed by atoms with Crippen LogP contribution < -0.4 is 5.32 Å². The molecule has 1 amide bonds. The van der Waals surface area contributed by atoms with Crippen LogP contribution in [-0.2, 0) is 47.7 Å². The Labute approximate surface area is 425 Å². The number of nitrogens with zero attached hydrogens (tertiary/aromatic N) is 2. The molecule has 11 atom stereocenters. The highest BCUT2D eigenvalue weighted by Crippen LogP contribution is 2.64. The number of allylic oxidation sites excluding steroid dienone is 2. The summed E-state index contributed by atoms with van der Waals surface area (Å²) >= 11 is 0. The summed E-state index contributed by atoms with van der Waals surface area (Å²) in [5.41, 5.74) is -5.81. The van der Waals surface area contributed by atoms with Crippen molar-refractivity contribution in [2.24, 2.45) is 16.7 Å². The van der Waals surface area contributed by atoms with Crippen LogP contribution in [0.15, 0.2) is 95.7 Å². The summed E-state index contributed by atoms with van der Waals surface area (Å²) in [6, 6.07) is 15.9. The first kappa shape index (κ1) is 52.3. The first-order chi connectivity index (χ1) is 34.8. The Balaban J connectivity index is 1.08. The third-order valence-corrected chi connectivity index (χ3v) is 16.5. The predicted molar refractivity (Wildman–Crippen MR) is 261 cm³/mol. The quantitative estimate of drug-likeness (QED) is 0.0818. The molecule has 17 nitrogen and oxygen atoms in total. The Morgan fingerprint density at radius 3 is 2.23 bits per heavy atom. The van der Waals surface area contributed by atoms with Gasteiger partial charge in [-0.25, -0.2) is 9.59 Å². The molecule has 2 saturated carbocycles. The number of aromatic nitrogens is 1. The number of Topliss-reactive ketones (excluding diaryl/α,β-unsaturated/α-hetero) is 1. The van der Waals surface area contributed by atoms with Gasteiger partial charge >= 0.3 is 30.8 Å². The van der Waals surface area contributed by atoms with Crippen LogP contribution in [0.2, 0.25) is 0 Å². The normalized spacial score (nSPS) is 30.9. The third kappa shape index (κ3) is 8.15. The molecule has 1 unspecified atom stereocenters. The zero-order valence-corrected chi connectivity index (χ0v) is 42.3. The summed E-state index contributed by atoms with van der Waals surface area (Å²) in [6.45, 7) is 6.83. The average molecular weight is 1020 g/mol. The monoisotopic (exact) mass is 1020 g/mol. The Morgan fingerprint density at radius 2 is 1.61 bits per heavy atom. The Kier molecular flexibility index (Phi) is 13.2. The number of ketones is 1. The minimum absolute atomic E-state index is 0.0368. The third-order valence-electron chi connectivity index (χ3n) is 16.5. The predicted octanol–water partition coefficient (Wildman–Crippen LogP) is 4.92. The lowest BCUT2D eigenvalue weighted by molar-refractivity contribution is -0.362. The maximum Gasteiger partial charge on any atom is 0.737 e. The van der Waals surface area contributed by atoms with Gasteiger partial charge in [-0.2, -0.15) is 0 Å². The lowest BCUT2D eigenvalue weighted by Gasteiger charge is -2.67. The summed E-state index contributed by atoms with van der Waals surface area (Å²) in [6.07, 6.45) is -6.74. The van der Waals surface area contributed by atoms with Crippen molar-refractivity contribution in [1.29, 1.82) is 0 Å². The van der Waals surface area contributed by atoms with E-state index < -0.39 is 120 Å². The van der Waals surface area contributed by atoms with Crippen LogP contribution in [-0.4, -0.2) is 127 Å². The molecule has 74 heavy (non-hydrogen) atoms. The van der Waals surface area contributed by atoms with Crippen LogP contribution in [0.4, 0.5) is 8.63 Å². The summed E-state index contributed by atoms with van der Waals surface area (Å²) < 4.78 is 64.8. The van der Waals surface area contributed by atoms with E-state index in [1.807, 2.05) is 0 Å². The SMILES string of the molecule is CC(=O)O[C@H]1C(=O)[C@@]2(C)C([C@H](OC(=O)c3ccccc3)[C@]3(O)C[C@H](OC(=O)[C@H](O)[C@@H](NC(=O)CCC4=[N+]5C(=Cc6c(C)cc(C)n6[B-]5(F)F)C=C4)c4ccccc4)C(C)=C1C3(C)C)[C@]1(OC(C)=O)CO[C@@H]1C[C@@H]2O. The number of hydrogen-bond acceptors (Lipinski definition) is 14. The highest BCUT2D eigenvalue weighted by atomic mass is 19.2. The molecule has 20 heteroatoms. The molecule has 1 saturated heterocycles. The number of aryl methyl sites for hydroxylation is 2. The van der Waals surface area contributed by atoms with Crippen LogP contribution in [0.3, 0.4) is 0 Å². The summed E-state index contributed by atoms with van der Waals surface area (Å²) in [5, 5.41) is 40.7. The number of fused-ring (bicyclic) bond motifs is 7. The second-order valence-electron chi connectivity index (χ2n) is 21.2. The molecular weight excluding hydrogens is 963 g/mol. The van der Waals surface area contributed by atoms with E-state index in [1.54, 1.807) is 80.6 Å². The summed E-state index contributed by atoms with van der Waals surface area (Å²) in [4.78, 5) is 84.7. The number of halogens is 2. The van der Waals surface area contributed by atoms with Gasteiger partial charge < -0.3 is 61.9 Å². The highest BCUT2D eigenvalue weighted by Gasteiger charge is 2.78. The van der Waals surface area contributed by atoms with Gasteiger partial charge in [0, 0.05) is 68.9 Å². The smallest absolute Gasteiger partial charge is 0.456 e. The first-order valence-electron chi connectivity index (χ1n) is 24.7. The van der Waals surface area contributed by atoms with Gasteiger partial charge in [0.1, 0.15) is 29.6 Å². The molecule has 4 heterocycles. The van der Waals surface area contributed by atoms with E-state index in [1.165, 1.54) is 45.9 Å². The Morgan fingerprint density at radius 1 is 0.946 bits per heavy atom. The average Bonchev–Trinajstić information content (AvgIpc) is 3.91. The molecule has 392 valence electrons. The molecule has 6 aliphatic rings. The number of nitrogens with one attached hydrogen (secondary N) is 1. The highest BCUT2D eigenvalue weighted by molar-refractivity contribution is 6.58. The number of esters is 4. The fourth-order valence-corrected chi connectivity index (χ4v) is 12.8. The summed E-state index contributed by atoms with van der Waals surface area (Å²) in [5.74, 6) is -7.23. The number of aliphatic hydroxyl groups excluding tert-OH is 2. The van der Waals surface area contributed by atoms with Crippen molar-refractivity contribution in [1.82, 2.24) is 9.79 Å². The standard InChI is InChI=1S/C54H60BF2N3O14/c1-28-23-29(2)59-37(28)24-36-20-19-35(60(36)55(59,56)57)21-22-41(64)58-43(33-15-11-9-12-16-33)44(65)50(68)72-38-26-54(69)48(73-49(67)34-17-13-10-14-18-34)46-52(8,39(63)25-40-53(46,27-70-40)74-32(5)62)47(66)45(71-31(4)61)42(30(38)3)51(54,6)7/h9-20,23-24,38-40,43-46,48,63,65,69H,21-22,25-27H2,1-8H3,(H,58,64)/t38-,39-,40+,43-,44+,45+,46?,48-,52+,53-,54+/m0/s1. The van der Waals surface area contributed by atoms with Crippen LogP contribution in [0.25, 0.3) is 6.08 Å². The fourth-order valence-electron chi connectivity index (χ4n) is 12.8. The largest absolute Gasteiger partial charge is 0.737 e. The molecule has 0 radical (unpaired) electrons. The fraction of sp³-hybridized carbons (Fsp3) is 0.463. The number of carbonyl (C=O) groups is 6. The second kappa shape index (κ2) is 18.6. The van der Waals surface area contributed by atoms with E-state index in [2.05, 4.69) is 5.32 Å². The molecular formula is C54H60BF2N3O14. The van der Waals surface area contributed by atoms with Crippen LogP contribution in [0, 0.1) is 30.6 Å². The number of benzene rings is 2. The van der Waals surface area contributed by atoms with Crippen molar-refractivity contribution in [2.75, 3.05) is 6.61 Å². The van der Waals surface area contributed by atoms with E-state index in [9.17, 15) is 39.3 Å². The van der Waals surface area contributed by atoms with Gasteiger partial charge in [0.25, 0.3) is 0 Å².